The third-order valence-electron chi connectivity index (χ3n) is 4.06. The zero-order valence-corrected chi connectivity index (χ0v) is 15.1. The molecular formula is C19H14N2O3S2. The fraction of sp³-hybridized carbons (Fsp3) is 0. The number of aromatic nitrogens is 1. The second-order valence-corrected chi connectivity index (χ2v) is 8.55. The van der Waals surface area contributed by atoms with Gasteiger partial charge in [-0.05, 0) is 30.3 Å². The van der Waals surface area contributed by atoms with E-state index in [1.807, 2.05) is 30.3 Å². The molecule has 4 aromatic rings. The van der Waals surface area contributed by atoms with Crippen LogP contribution in [0.25, 0.3) is 21.3 Å². The fourth-order valence-corrected chi connectivity index (χ4v) is 5.16. The lowest BCUT2D eigenvalue weighted by molar-refractivity contribution is 0.322. The molecule has 0 aliphatic carbocycles. The van der Waals surface area contributed by atoms with Gasteiger partial charge in [0.15, 0.2) is 0 Å². The van der Waals surface area contributed by atoms with Crippen molar-refractivity contribution in [3.63, 3.8) is 0 Å². The minimum absolute atomic E-state index is 0.242. The molecule has 26 heavy (non-hydrogen) atoms. The van der Waals surface area contributed by atoms with Crippen LogP contribution in [0.5, 0.6) is 0 Å². The van der Waals surface area contributed by atoms with E-state index in [0.717, 1.165) is 20.7 Å². The summed E-state index contributed by atoms with van der Waals surface area (Å²) in [6.45, 7) is 0. The maximum absolute atomic E-state index is 13.1. The number of thiophene rings is 1. The Morgan fingerprint density at radius 3 is 2.46 bits per heavy atom. The Labute approximate surface area is 154 Å². The van der Waals surface area contributed by atoms with E-state index < -0.39 is 10.0 Å². The van der Waals surface area contributed by atoms with Gasteiger partial charge in [0.2, 0.25) is 0 Å². The fourth-order valence-electron chi connectivity index (χ4n) is 2.88. The summed E-state index contributed by atoms with van der Waals surface area (Å²) in [6.07, 6.45) is 3.01. The second kappa shape index (κ2) is 6.44. The Bertz CT molecular complexity index is 1210. The van der Waals surface area contributed by atoms with Crippen molar-refractivity contribution in [3.8, 4) is 10.4 Å². The highest BCUT2D eigenvalue weighted by Crippen LogP contribution is 2.36. The Morgan fingerprint density at radius 1 is 0.962 bits per heavy atom. The second-order valence-electron chi connectivity index (χ2n) is 5.62. The van der Waals surface area contributed by atoms with Gasteiger partial charge in [-0.25, -0.2) is 12.4 Å². The molecule has 0 saturated heterocycles. The average molecular weight is 382 g/mol. The molecule has 130 valence electrons. The van der Waals surface area contributed by atoms with E-state index in [0.29, 0.717) is 5.52 Å². The number of rotatable bonds is 4. The van der Waals surface area contributed by atoms with Crippen LogP contribution in [0, 0.1) is 0 Å². The zero-order valence-electron chi connectivity index (χ0n) is 13.5. The van der Waals surface area contributed by atoms with Gasteiger partial charge in [-0.1, -0.05) is 41.6 Å². The molecular weight excluding hydrogens is 368 g/mol. The average Bonchev–Trinajstić information content (AvgIpc) is 3.27. The van der Waals surface area contributed by atoms with E-state index in [2.05, 4.69) is 5.16 Å². The van der Waals surface area contributed by atoms with Gasteiger partial charge in [0.1, 0.15) is 0 Å². The highest BCUT2D eigenvalue weighted by atomic mass is 32.2. The standard InChI is InChI=1S/C19H14N2O3S2/c22-20-12-14-10-11-19(25-14)17-13-21(18-9-5-4-8-16(17)18)26(23,24)15-6-2-1-3-7-15/h1-13,22H. The SMILES string of the molecule is O=S(=O)(c1ccccc1)n1cc(-c2ccc(C=NO)s2)c2ccccc21. The lowest BCUT2D eigenvalue weighted by Gasteiger charge is -2.07. The van der Waals surface area contributed by atoms with Crippen molar-refractivity contribution >= 4 is 38.5 Å². The minimum Gasteiger partial charge on any atom is -0.411 e. The van der Waals surface area contributed by atoms with Crippen LogP contribution in [0.1, 0.15) is 4.88 Å². The number of hydrogen-bond donors (Lipinski definition) is 1. The molecule has 0 radical (unpaired) electrons. The lowest BCUT2D eigenvalue weighted by Crippen LogP contribution is -2.11. The molecule has 5 nitrogen and oxygen atoms in total. The molecule has 0 bridgehead atoms. The largest absolute Gasteiger partial charge is 0.411 e. The minimum atomic E-state index is -3.70. The molecule has 0 fully saturated rings. The van der Waals surface area contributed by atoms with Crippen LogP contribution >= 0.6 is 11.3 Å². The quantitative estimate of drug-likeness (QED) is 0.323. The maximum Gasteiger partial charge on any atom is 0.268 e. The smallest absolute Gasteiger partial charge is 0.268 e. The summed E-state index contributed by atoms with van der Waals surface area (Å²) < 4.78 is 27.6. The molecule has 0 aliphatic rings. The van der Waals surface area contributed by atoms with Gasteiger partial charge >= 0.3 is 0 Å². The van der Waals surface area contributed by atoms with Gasteiger partial charge in [-0.15, -0.1) is 11.3 Å². The predicted molar refractivity (Wildman–Crippen MR) is 104 cm³/mol. The first-order valence-corrected chi connectivity index (χ1v) is 10.1. The van der Waals surface area contributed by atoms with E-state index in [4.69, 9.17) is 5.21 Å². The monoisotopic (exact) mass is 382 g/mol. The zero-order chi connectivity index (χ0) is 18.1. The first-order valence-electron chi connectivity index (χ1n) is 7.79. The summed E-state index contributed by atoms with van der Waals surface area (Å²) in [4.78, 5) is 1.93. The van der Waals surface area contributed by atoms with Crippen molar-refractivity contribution in [1.29, 1.82) is 0 Å². The third kappa shape index (κ3) is 2.71. The van der Waals surface area contributed by atoms with Crippen LogP contribution in [0.2, 0.25) is 0 Å². The van der Waals surface area contributed by atoms with Gasteiger partial charge in [0.25, 0.3) is 10.0 Å². The molecule has 2 heterocycles. The van der Waals surface area contributed by atoms with Gasteiger partial charge in [-0.3, -0.25) is 0 Å². The number of hydrogen-bond acceptors (Lipinski definition) is 5. The number of nitrogens with zero attached hydrogens (tertiary/aromatic N) is 2. The van der Waals surface area contributed by atoms with Crippen LogP contribution in [0.4, 0.5) is 0 Å². The summed E-state index contributed by atoms with van der Waals surface area (Å²) in [5, 5.41) is 12.6. The van der Waals surface area contributed by atoms with Crippen LogP contribution in [0.3, 0.4) is 0 Å². The molecule has 4 rings (SSSR count). The van der Waals surface area contributed by atoms with Crippen molar-refractivity contribution in [1.82, 2.24) is 3.97 Å². The van der Waals surface area contributed by atoms with Gasteiger partial charge in [-0.2, -0.15) is 0 Å². The number of fused-ring (bicyclic) bond motifs is 1. The highest BCUT2D eigenvalue weighted by Gasteiger charge is 2.21. The van der Waals surface area contributed by atoms with Crippen LogP contribution in [-0.4, -0.2) is 23.8 Å². The predicted octanol–water partition coefficient (Wildman–Crippen LogP) is 4.41. The van der Waals surface area contributed by atoms with Gasteiger partial charge < -0.3 is 5.21 Å². The van der Waals surface area contributed by atoms with E-state index in [9.17, 15) is 8.42 Å². The summed E-state index contributed by atoms with van der Waals surface area (Å²) in [5.41, 5.74) is 1.44. The highest BCUT2D eigenvalue weighted by molar-refractivity contribution is 7.90. The molecule has 1 N–H and O–H groups in total. The first kappa shape index (κ1) is 16.6. The molecule has 0 unspecified atom stereocenters. The normalized spacial score (nSPS) is 12.2. The molecule has 0 saturated carbocycles. The van der Waals surface area contributed by atoms with Crippen molar-refractivity contribution in [3.05, 3.63) is 77.8 Å². The van der Waals surface area contributed by atoms with E-state index in [1.165, 1.54) is 21.5 Å². The number of benzene rings is 2. The van der Waals surface area contributed by atoms with Crippen molar-refractivity contribution in [2.75, 3.05) is 0 Å². The van der Waals surface area contributed by atoms with Crippen LogP contribution in [-0.2, 0) is 10.0 Å². The summed E-state index contributed by atoms with van der Waals surface area (Å²) in [5.74, 6) is 0. The maximum atomic E-state index is 13.1. The first-order chi connectivity index (χ1) is 12.6. The number of oxime groups is 1. The molecule has 2 aromatic carbocycles. The summed E-state index contributed by atoms with van der Waals surface area (Å²) in [7, 11) is -3.70. The number of para-hydroxylation sites is 1. The Balaban J connectivity index is 1.95. The molecule has 0 aliphatic heterocycles. The summed E-state index contributed by atoms with van der Waals surface area (Å²) in [6, 6.07) is 19.5. The third-order valence-corrected chi connectivity index (χ3v) is 6.80. The molecule has 0 spiro atoms. The van der Waals surface area contributed by atoms with Crippen molar-refractivity contribution < 1.29 is 13.6 Å². The molecule has 0 atom stereocenters. The lowest BCUT2D eigenvalue weighted by atomic mass is 10.1. The van der Waals surface area contributed by atoms with Gasteiger partial charge in [0, 0.05) is 26.9 Å². The Hall–Kier alpha value is -2.90. The summed E-state index contributed by atoms with van der Waals surface area (Å²) >= 11 is 1.43. The Morgan fingerprint density at radius 2 is 1.69 bits per heavy atom. The molecule has 7 heteroatoms. The van der Waals surface area contributed by atoms with E-state index in [1.54, 1.807) is 42.6 Å². The van der Waals surface area contributed by atoms with Crippen LogP contribution < -0.4 is 0 Å². The van der Waals surface area contributed by atoms with E-state index in [-0.39, 0.29) is 4.90 Å². The molecule has 2 aromatic heterocycles. The molecule has 0 amide bonds. The van der Waals surface area contributed by atoms with Gasteiger partial charge in [0.05, 0.1) is 16.6 Å². The van der Waals surface area contributed by atoms with Crippen molar-refractivity contribution in [2.24, 2.45) is 5.16 Å². The van der Waals surface area contributed by atoms with E-state index >= 15 is 0 Å². The van der Waals surface area contributed by atoms with Crippen LogP contribution in [0.15, 0.2) is 83.0 Å². The van der Waals surface area contributed by atoms with Crippen molar-refractivity contribution in [2.45, 2.75) is 4.90 Å². The Kier molecular flexibility index (Phi) is 4.10. The topological polar surface area (TPSA) is 71.7 Å².